The number of ether oxygens (including phenoxy) is 1. The van der Waals surface area contributed by atoms with Crippen molar-refractivity contribution >= 4 is 0 Å². The molecule has 0 unspecified atom stereocenters. The van der Waals surface area contributed by atoms with Crippen LogP contribution in [0.3, 0.4) is 0 Å². The second-order valence-electron chi connectivity index (χ2n) is 4.73. The Balaban J connectivity index is 1.91. The molecule has 0 aliphatic carbocycles. The lowest BCUT2D eigenvalue weighted by Crippen LogP contribution is -2.44. The highest BCUT2D eigenvalue weighted by Gasteiger charge is 2.28. The smallest absolute Gasteiger partial charge is 0.0645 e. The largest absolute Gasteiger partial charge is 0.396 e. The number of hydrogen-bond acceptors (Lipinski definition) is 3. The number of benzene rings is 1. The molecule has 3 nitrogen and oxygen atoms in total. The summed E-state index contributed by atoms with van der Waals surface area (Å²) in [6.07, 6.45) is 1.22. The zero-order valence-corrected chi connectivity index (χ0v) is 10.4. The molecule has 0 radical (unpaired) electrons. The highest BCUT2D eigenvalue weighted by atomic mass is 16.5. The van der Waals surface area contributed by atoms with Crippen LogP contribution in [0.2, 0.25) is 0 Å². The number of rotatable bonds is 4. The summed E-state index contributed by atoms with van der Waals surface area (Å²) in [5.41, 5.74) is 1.33. The fourth-order valence-electron chi connectivity index (χ4n) is 2.56. The van der Waals surface area contributed by atoms with Gasteiger partial charge in [-0.1, -0.05) is 30.3 Å². The van der Waals surface area contributed by atoms with Gasteiger partial charge >= 0.3 is 0 Å². The number of aliphatic hydroxyl groups excluding tert-OH is 1. The molecular formula is C14H21NO2. The van der Waals surface area contributed by atoms with Gasteiger partial charge in [0.05, 0.1) is 6.10 Å². The summed E-state index contributed by atoms with van der Waals surface area (Å²) in [5, 5.41) is 9.37. The first kappa shape index (κ1) is 12.6. The molecule has 3 heteroatoms. The molecule has 0 amide bonds. The Morgan fingerprint density at radius 2 is 2.12 bits per heavy atom. The van der Waals surface area contributed by atoms with E-state index in [1.54, 1.807) is 7.11 Å². The average Bonchev–Trinajstić information content (AvgIpc) is 2.40. The number of hydrogen-bond donors (Lipinski definition) is 1. The Hall–Kier alpha value is -0.900. The molecule has 1 aliphatic heterocycles. The summed E-state index contributed by atoms with van der Waals surface area (Å²) in [7, 11) is 1.74. The number of likely N-dealkylation sites (tertiary alicyclic amines) is 1. The van der Waals surface area contributed by atoms with Crippen LogP contribution in [-0.4, -0.2) is 42.9 Å². The molecule has 17 heavy (non-hydrogen) atoms. The van der Waals surface area contributed by atoms with E-state index in [2.05, 4.69) is 29.2 Å². The SMILES string of the molecule is CO[C@H]1CCN(Cc2ccccc2)C[C@@H]1CO. The van der Waals surface area contributed by atoms with Crippen molar-refractivity contribution in [1.29, 1.82) is 0 Å². The third-order valence-corrected chi connectivity index (χ3v) is 3.53. The van der Waals surface area contributed by atoms with Crippen molar-refractivity contribution in [2.24, 2.45) is 5.92 Å². The number of nitrogens with zero attached hydrogens (tertiary/aromatic N) is 1. The fraction of sp³-hybridized carbons (Fsp3) is 0.571. The van der Waals surface area contributed by atoms with Crippen molar-refractivity contribution in [2.75, 3.05) is 26.8 Å². The van der Waals surface area contributed by atoms with Crippen LogP contribution in [-0.2, 0) is 11.3 Å². The molecule has 1 N–H and O–H groups in total. The highest BCUT2D eigenvalue weighted by Crippen LogP contribution is 2.20. The molecule has 0 saturated carbocycles. The maximum Gasteiger partial charge on any atom is 0.0645 e. The number of piperidine rings is 1. The van der Waals surface area contributed by atoms with Gasteiger partial charge in [-0.3, -0.25) is 4.90 Å². The van der Waals surface area contributed by atoms with E-state index in [-0.39, 0.29) is 18.6 Å². The summed E-state index contributed by atoms with van der Waals surface area (Å²) in [6, 6.07) is 10.5. The summed E-state index contributed by atoms with van der Waals surface area (Å²) in [5.74, 6) is 0.248. The predicted molar refractivity (Wildman–Crippen MR) is 67.7 cm³/mol. The van der Waals surface area contributed by atoms with Gasteiger partial charge in [-0.2, -0.15) is 0 Å². The van der Waals surface area contributed by atoms with E-state index in [9.17, 15) is 5.11 Å². The number of methoxy groups -OCH3 is 1. The molecule has 0 bridgehead atoms. The average molecular weight is 235 g/mol. The molecule has 1 aliphatic rings. The van der Waals surface area contributed by atoms with Crippen molar-refractivity contribution in [3.8, 4) is 0 Å². The van der Waals surface area contributed by atoms with Gasteiger partial charge in [0.25, 0.3) is 0 Å². The molecule has 1 aromatic rings. The maximum absolute atomic E-state index is 9.37. The molecule has 1 saturated heterocycles. The van der Waals surface area contributed by atoms with Crippen LogP contribution in [0.5, 0.6) is 0 Å². The minimum absolute atomic E-state index is 0.212. The molecule has 2 rings (SSSR count). The van der Waals surface area contributed by atoms with Crippen LogP contribution in [0.4, 0.5) is 0 Å². The van der Waals surface area contributed by atoms with Crippen molar-refractivity contribution in [1.82, 2.24) is 4.90 Å². The van der Waals surface area contributed by atoms with Gasteiger partial charge in [0.2, 0.25) is 0 Å². The lowest BCUT2D eigenvalue weighted by molar-refractivity contribution is -0.0287. The highest BCUT2D eigenvalue weighted by molar-refractivity contribution is 5.14. The first-order valence-electron chi connectivity index (χ1n) is 6.23. The molecule has 94 valence electrons. The normalized spacial score (nSPS) is 26.0. The minimum Gasteiger partial charge on any atom is -0.396 e. The molecule has 1 fully saturated rings. The Morgan fingerprint density at radius 3 is 2.76 bits per heavy atom. The zero-order chi connectivity index (χ0) is 12.1. The van der Waals surface area contributed by atoms with E-state index in [4.69, 9.17) is 4.74 Å². The van der Waals surface area contributed by atoms with Crippen LogP contribution in [0.25, 0.3) is 0 Å². The van der Waals surface area contributed by atoms with Crippen LogP contribution >= 0.6 is 0 Å². The third-order valence-electron chi connectivity index (χ3n) is 3.53. The zero-order valence-electron chi connectivity index (χ0n) is 10.4. The van der Waals surface area contributed by atoms with Crippen molar-refractivity contribution in [2.45, 2.75) is 19.1 Å². The first-order chi connectivity index (χ1) is 8.33. The van der Waals surface area contributed by atoms with E-state index in [0.717, 1.165) is 26.1 Å². The monoisotopic (exact) mass is 235 g/mol. The van der Waals surface area contributed by atoms with E-state index in [1.807, 2.05) is 6.07 Å². The van der Waals surface area contributed by atoms with Gasteiger partial charge in [-0.05, 0) is 12.0 Å². The van der Waals surface area contributed by atoms with Crippen LogP contribution in [0.15, 0.2) is 30.3 Å². The van der Waals surface area contributed by atoms with Crippen molar-refractivity contribution in [3.63, 3.8) is 0 Å². The standard InChI is InChI=1S/C14H21NO2/c1-17-14-7-8-15(10-13(14)11-16)9-12-5-3-2-4-6-12/h2-6,13-14,16H,7-11H2,1H3/t13-,14+/m1/s1. The van der Waals surface area contributed by atoms with Gasteiger partial charge in [-0.25, -0.2) is 0 Å². The Kier molecular flexibility index (Phi) is 4.54. The van der Waals surface area contributed by atoms with Crippen LogP contribution < -0.4 is 0 Å². The molecule has 0 spiro atoms. The fourth-order valence-corrected chi connectivity index (χ4v) is 2.56. The molecule has 0 aromatic heterocycles. The van der Waals surface area contributed by atoms with Crippen molar-refractivity contribution in [3.05, 3.63) is 35.9 Å². The molecule has 1 heterocycles. The summed E-state index contributed by atoms with van der Waals surface area (Å²) >= 11 is 0. The van der Waals surface area contributed by atoms with Gasteiger partial charge < -0.3 is 9.84 Å². The van der Waals surface area contributed by atoms with Gasteiger partial charge in [0, 0.05) is 39.3 Å². The molecule has 2 atom stereocenters. The second-order valence-corrected chi connectivity index (χ2v) is 4.73. The lowest BCUT2D eigenvalue weighted by atomic mass is 9.95. The number of aliphatic hydroxyl groups is 1. The topological polar surface area (TPSA) is 32.7 Å². The molecule has 1 aromatic carbocycles. The lowest BCUT2D eigenvalue weighted by Gasteiger charge is -2.37. The van der Waals surface area contributed by atoms with Gasteiger partial charge in [0.15, 0.2) is 0 Å². The Bertz CT molecular complexity index is 328. The minimum atomic E-state index is 0.212. The van der Waals surface area contributed by atoms with Gasteiger partial charge in [-0.15, -0.1) is 0 Å². The van der Waals surface area contributed by atoms with E-state index < -0.39 is 0 Å². The maximum atomic E-state index is 9.37. The van der Waals surface area contributed by atoms with Gasteiger partial charge in [0.1, 0.15) is 0 Å². The predicted octanol–water partition coefficient (Wildman–Crippen LogP) is 1.52. The van der Waals surface area contributed by atoms with Crippen molar-refractivity contribution < 1.29 is 9.84 Å². The Labute approximate surface area is 103 Å². The van der Waals surface area contributed by atoms with Crippen LogP contribution in [0, 0.1) is 5.92 Å². The van der Waals surface area contributed by atoms with E-state index in [1.165, 1.54) is 5.56 Å². The quantitative estimate of drug-likeness (QED) is 0.859. The Morgan fingerprint density at radius 1 is 1.35 bits per heavy atom. The summed E-state index contributed by atoms with van der Waals surface area (Å²) < 4.78 is 5.41. The summed E-state index contributed by atoms with van der Waals surface area (Å²) in [4.78, 5) is 2.39. The van der Waals surface area contributed by atoms with Crippen LogP contribution in [0.1, 0.15) is 12.0 Å². The molecular weight excluding hydrogens is 214 g/mol. The van der Waals surface area contributed by atoms with E-state index in [0.29, 0.717) is 0 Å². The second kappa shape index (κ2) is 6.15. The first-order valence-corrected chi connectivity index (χ1v) is 6.23. The summed E-state index contributed by atoms with van der Waals surface area (Å²) in [6.45, 7) is 3.14. The third kappa shape index (κ3) is 3.28. The van der Waals surface area contributed by atoms with E-state index >= 15 is 0 Å².